The van der Waals surface area contributed by atoms with Crippen LogP contribution in [0.15, 0.2) is 47.1 Å². The molecule has 1 aliphatic rings. The van der Waals surface area contributed by atoms with Crippen molar-refractivity contribution in [2.75, 3.05) is 6.61 Å². The smallest absolute Gasteiger partial charge is 0.321 e. The van der Waals surface area contributed by atoms with Gasteiger partial charge >= 0.3 is 12.0 Å². The van der Waals surface area contributed by atoms with E-state index in [1.807, 2.05) is 0 Å². The van der Waals surface area contributed by atoms with Crippen molar-refractivity contribution in [3.05, 3.63) is 59.8 Å². The fourth-order valence-corrected chi connectivity index (χ4v) is 3.43. The number of benzene rings is 1. The summed E-state index contributed by atoms with van der Waals surface area (Å²) in [5, 5.41) is 4.53. The van der Waals surface area contributed by atoms with Gasteiger partial charge in [-0.15, -0.1) is 0 Å². The second-order valence-electron chi connectivity index (χ2n) is 6.69. The zero-order valence-corrected chi connectivity index (χ0v) is 15.2. The van der Waals surface area contributed by atoms with Crippen LogP contribution >= 0.6 is 0 Å². The second-order valence-corrected chi connectivity index (χ2v) is 6.69. The van der Waals surface area contributed by atoms with Crippen LogP contribution in [-0.4, -0.2) is 24.5 Å². The number of hydrogen-bond donors (Lipinski definition) is 2. The van der Waals surface area contributed by atoms with Gasteiger partial charge < -0.3 is 14.5 Å². The van der Waals surface area contributed by atoms with Crippen molar-refractivity contribution >= 4 is 17.9 Å². The molecule has 1 aliphatic carbocycles. The first-order valence-corrected chi connectivity index (χ1v) is 9.03. The van der Waals surface area contributed by atoms with Crippen LogP contribution in [0.4, 0.5) is 9.18 Å². The molecule has 0 bridgehead atoms. The Balaban J connectivity index is 1.53. The van der Waals surface area contributed by atoms with Crippen LogP contribution in [0.5, 0.6) is 0 Å². The number of rotatable bonds is 6. The molecule has 1 heterocycles. The lowest BCUT2D eigenvalue weighted by atomic mass is 9.79. The molecule has 0 saturated heterocycles. The van der Waals surface area contributed by atoms with Crippen LogP contribution in [-0.2, 0) is 26.3 Å². The molecule has 7 nitrogen and oxygen atoms in total. The van der Waals surface area contributed by atoms with E-state index in [0.717, 1.165) is 12.8 Å². The van der Waals surface area contributed by atoms with E-state index in [-0.39, 0.29) is 6.54 Å². The number of imide groups is 1. The van der Waals surface area contributed by atoms with Gasteiger partial charge in [-0.2, -0.15) is 0 Å². The molecule has 1 saturated carbocycles. The molecule has 1 fully saturated rings. The zero-order chi connectivity index (χ0) is 20.0. The Bertz CT molecular complexity index is 844. The van der Waals surface area contributed by atoms with Crippen molar-refractivity contribution in [1.82, 2.24) is 10.6 Å². The lowest BCUT2D eigenvalue weighted by Gasteiger charge is -2.27. The summed E-state index contributed by atoms with van der Waals surface area (Å²) in [5.74, 6) is -1.23. The fraction of sp³-hybridized carbons (Fsp3) is 0.350. The first-order chi connectivity index (χ1) is 13.5. The summed E-state index contributed by atoms with van der Waals surface area (Å²) in [6.45, 7) is -0.474. The first-order valence-electron chi connectivity index (χ1n) is 9.03. The molecule has 0 radical (unpaired) electrons. The normalized spacial score (nSPS) is 15.0. The Hall–Kier alpha value is -3.16. The van der Waals surface area contributed by atoms with E-state index in [1.165, 1.54) is 18.4 Å². The minimum absolute atomic E-state index is 0.120. The average molecular weight is 388 g/mol. The van der Waals surface area contributed by atoms with Gasteiger partial charge in [0, 0.05) is 0 Å². The monoisotopic (exact) mass is 388 g/mol. The van der Waals surface area contributed by atoms with E-state index in [1.54, 1.807) is 24.3 Å². The van der Waals surface area contributed by atoms with E-state index in [4.69, 9.17) is 9.15 Å². The minimum Gasteiger partial charge on any atom is -0.467 e. The standard InChI is InChI=1S/C20H21FN2O5/c21-15-6-3-5-14(11-15)20(8-1-2-9-20)18(25)28-13-17(24)23-19(26)22-12-16-7-4-10-27-16/h3-7,10-11H,1-2,8-9,12-13H2,(H2,22,23,24,26). The maximum atomic E-state index is 13.6. The molecule has 3 rings (SSSR count). The van der Waals surface area contributed by atoms with E-state index in [0.29, 0.717) is 24.2 Å². The number of hydrogen-bond acceptors (Lipinski definition) is 5. The molecule has 8 heteroatoms. The second kappa shape index (κ2) is 8.69. The molecule has 0 spiro atoms. The summed E-state index contributed by atoms with van der Waals surface area (Å²) in [4.78, 5) is 36.3. The van der Waals surface area contributed by atoms with Gasteiger partial charge in [0.1, 0.15) is 11.6 Å². The molecule has 1 aromatic heterocycles. The molecule has 3 amide bonds. The van der Waals surface area contributed by atoms with Crippen molar-refractivity contribution < 1.29 is 27.9 Å². The maximum Gasteiger partial charge on any atom is 0.321 e. The number of nitrogens with one attached hydrogen (secondary N) is 2. The Kier molecular flexibility index (Phi) is 6.08. The van der Waals surface area contributed by atoms with Crippen LogP contribution in [0.25, 0.3) is 0 Å². The maximum absolute atomic E-state index is 13.6. The fourth-order valence-electron chi connectivity index (χ4n) is 3.43. The molecule has 1 aromatic carbocycles. The molecule has 0 atom stereocenters. The quantitative estimate of drug-likeness (QED) is 0.742. The number of furan rings is 1. The summed E-state index contributed by atoms with van der Waals surface area (Å²) < 4.78 is 23.8. The van der Waals surface area contributed by atoms with Crippen molar-refractivity contribution in [3.8, 4) is 0 Å². The van der Waals surface area contributed by atoms with Gasteiger partial charge in [0.15, 0.2) is 6.61 Å². The van der Waals surface area contributed by atoms with Crippen LogP contribution in [0, 0.1) is 5.82 Å². The highest BCUT2D eigenvalue weighted by molar-refractivity contribution is 5.96. The van der Waals surface area contributed by atoms with E-state index < -0.39 is 35.7 Å². The summed E-state index contributed by atoms with van der Waals surface area (Å²) >= 11 is 0. The van der Waals surface area contributed by atoms with Gasteiger partial charge in [-0.1, -0.05) is 25.0 Å². The number of esters is 1. The van der Waals surface area contributed by atoms with Crippen LogP contribution < -0.4 is 10.6 Å². The van der Waals surface area contributed by atoms with Crippen molar-refractivity contribution in [2.24, 2.45) is 0 Å². The predicted octanol–water partition coefficient (Wildman–Crippen LogP) is 2.80. The summed E-state index contributed by atoms with van der Waals surface area (Å²) in [6.07, 6.45) is 4.15. The van der Waals surface area contributed by atoms with E-state index in [9.17, 15) is 18.8 Å². The Morgan fingerprint density at radius 1 is 1.14 bits per heavy atom. The Labute approximate surface area is 161 Å². The molecule has 2 N–H and O–H groups in total. The van der Waals surface area contributed by atoms with Gasteiger partial charge in [-0.25, -0.2) is 9.18 Å². The number of amides is 3. The van der Waals surface area contributed by atoms with Crippen LogP contribution in [0.2, 0.25) is 0 Å². The molecule has 28 heavy (non-hydrogen) atoms. The summed E-state index contributed by atoms with van der Waals surface area (Å²) in [7, 11) is 0. The minimum atomic E-state index is -0.954. The lowest BCUT2D eigenvalue weighted by molar-refractivity contribution is -0.154. The summed E-state index contributed by atoms with van der Waals surface area (Å²) in [5.41, 5.74) is -0.407. The largest absolute Gasteiger partial charge is 0.467 e. The molecule has 0 aliphatic heterocycles. The predicted molar refractivity (Wildman–Crippen MR) is 96.6 cm³/mol. The number of urea groups is 1. The van der Waals surface area contributed by atoms with Crippen molar-refractivity contribution in [3.63, 3.8) is 0 Å². The molecule has 2 aromatic rings. The highest BCUT2D eigenvalue weighted by Crippen LogP contribution is 2.42. The topological polar surface area (TPSA) is 97.6 Å². The Morgan fingerprint density at radius 2 is 1.93 bits per heavy atom. The van der Waals surface area contributed by atoms with Gasteiger partial charge in [0.2, 0.25) is 0 Å². The Morgan fingerprint density at radius 3 is 2.61 bits per heavy atom. The average Bonchev–Trinajstić information content (AvgIpc) is 3.37. The van der Waals surface area contributed by atoms with Gasteiger partial charge in [-0.3, -0.25) is 14.9 Å². The van der Waals surface area contributed by atoms with Gasteiger partial charge in [0.05, 0.1) is 18.2 Å². The SMILES string of the molecule is O=C(COC(=O)C1(c2cccc(F)c2)CCCC1)NC(=O)NCc1ccco1. The van der Waals surface area contributed by atoms with E-state index >= 15 is 0 Å². The first kappa shape index (κ1) is 19.6. The van der Waals surface area contributed by atoms with Gasteiger partial charge in [0.25, 0.3) is 5.91 Å². The third-order valence-electron chi connectivity index (χ3n) is 4.82. The lowest BCUT2D eigenvalue weighted by Crippen LogP contribution is -2.42. The number of carbonyl (C=O) groups excluding carboxylic acids is 3. The summed E-state index contributed by atoms with van der Waals surface area (Å²) in [6, 6.07) is 8.51. The van der Waals surface area contributed by atoms with Crippen LogP contribution in [0.1, 0.15) is 37.0 Å². The third-order valence-corrected chi connectivity index (χ3v) is 4.82. The van der Waals surface area contributed by atoms with Crippen molar-refractivity contribution in [1.29, 1.82) is 0 Å². The third kappa shape index (κ3) is 4.57. The molecule has 148 valence electrons. The zero-order valence-electron chi connectivity index (χ0n) is 15.2. The number of halogens is 1. The molecular weight excluding hydrogens is 367 g/mol. The highest BCUT2D eigenvalue weighted by atomic mass is 19.1. The number of ether oxygens (including phenoxy) is 1. The number of carbonyl (C=O) groups is 3. The highest BCUT2D eigenvalue weighted by Gasteiger charge is 2.44. The molecular formula is C20H21FN2O5. The van der Waals surface area contributed by atoms with Gasteiger partial charge in [-0.05, 0) is 42.7 Å². The van der Waals surface area contributed by atoms with E-state index in [2.05, 4.69) is 10.6 Å². The van der Waals surface area contributed by atoms with Crippen molar-refractivity contribution in [2.45, 2.75) is 37.6 Å². The van der Waals surface area contributed by atoms with Crippen LogP contribution in [0.3, 0.4) is 0 Å². The molecule has 0 unspecified atom stereocenters.